The van der Waals surface area contributed by atoms with Crippen molar-refractivity contribution in [3.05, 3.63) is 65.4 Å². The van der Waals surface area contributed by atoms with Crippen molar-refractivity contribution in [3.63, 3.8) is 0 Å². The summed E-state index contributed by atoms with van der Waals surface area (Å²) in [5.41, 5.74) is 2.41. The van der Waals surface area contributed by atoms with Crippen LogP contribution in [0, 0.1) is 6.92 Å². The molecule has 8 heteroatoms. The first-order valence-electron chi connectivity index (χ1n) is 11.1. The van der Waals surface area contributed by atoms with Crippen molar-refractivity contribution in [2.75, 3.05) is 26.2 Å². The third-order valence-electron chi connectivity index (χ3n) is 6.53. The van der Waals surface area contributed by atoms with Crippen molar-refractivity contribution in [2.24, 2.45) is 0 Å². The van der Waals surface area contributed by atoms with E-state index in [9.17, 15) is 4.79 Å². The highest BCUT2D eigenvalue weighted by Crippen LogP contribution is 2.34. The molecule has 162 valence electrons. The lowest BCUT2D eigenvalue weighted by atomic mass is 10.0. The van der Waals surface area contributed by atoms with Crippen molar-refractivity contribution < 1.29 is 9.21 Å². The van der Waals surface area contributed by atoms with E-state index in [4.69, 9.17) is 4.42 Å². The van der Waals surface area contributed by atoms with Gasteiger partial charge in [-0.05, 0) is 47.9 Å². The van der Waals surface area contributed by atoms with E-state index in [0.717, 1.165) is 31.8 Å². The summed E-state index contributed by atoms with van der Waals surface area (Å²) < 4.78 is 7.35. The summed E-state index contributed by atoms with van der Waals surface area (Å²) in [5.74, 6) is 1.25. The number of nitrogens with zero attached hydrogens (tertiary/aromatic N) is 6. The van der Waals surface area contributed by atoms with Gasteiger partial charge in [0.15, 0.2) is 11.6 Å². The lowest BCUT2D eigenvalue weighted by Crippen LogP contribution is -2.50. The van der Waals surface area contributed by atoms with Crippen molar-refractivity contribution in [1.29, 1.82) is 0 Å². The van der Waals surface area contributed by atoms with Gasteiger partial charge in [0.1, 0.15) is 0 Å². The number of carbonyl (C=O) groups excluding carboxylic acids is 1. The number of benzene rings is 1. The van der Waals surface area contributed by atoms with Crippen LogP contribution in [0.2, 0.25) is 0 Å². The quantitative estimate of drug-likeness (QED) is 0.630. The number of carbonyl (C=O) groups is 1. The van der Waals surface area contributed by atoms with E-state index in [1.807, 2.05) is 4.90 Å². The minimum atomic E-state index is -0.0488. The van der Waals surface area contributed by atoms with E-state index in [1.54, 1.807) is 18.4 Å². The molecule has 3 aromatic rings. The van der Waals surface area contributed by atoms with Crippen molar-refractivity contribution in [3.8, 4) is 0 Å². The molecule has 0 N–H and O–H groups in total. The average molecular weight is 421 g/mol. The van der Waals surface area contributed by atoms with Crippen LogP contribution in [0.25, 0.3) is 0 Å². The SMILES string of the molecule is Cc1ccc(C(c2nnnn2C2CCCC2)N2CCN(C(=O)c3ccco3)CC2)cc1. The van der Waals surface area contributed by atoms with Gasteiger partial charge in [-0.1, -0.05) is 42.7 Å². The number of aryl methyl sites for hydroxylation is 1. The molecular weight excluding hydrogens is 392 g/mol. The molecule has 2 aromatic heterocycles. The number of tetrazole rings is 1. The number of piperazine rings is 1. The molecule has 2 aliphatic rings. The molecule has 1 aromatic carbocycles. The summed E-state index contributed by atoms with van der Waals surface area (Å²) in [6.07, 6.45) is 6.26. The number of aromatic nitrogens is 4. The normalized spacial score (nSPS) is 19.1. The van der Waals surface area contributed by atoms with Crippen LogP contribution in [0.5, 0.6) is 0 Å². The molecule has 1 saturated carbocycles. The van der Waals surface area contributed by atoms with E-state index in [2.05, 4.69) is 56.3 Å². The van der Waals surface area contributed by atoms with Gasteiger partial charge in [0.25, 0.3) is 5.91 Å². The summed E-state index contributed by atoms with van der Waals surface area (Å²) >= 11 is 0. The van der Waals surface area contributed by atoms with E-state index in [0.29, 0.717) is 24.9 Å². The Morgan fingerprint density at radius 3 is 2.48 bits per heavy atom. The zero-order chi connectivity index (χ0) is 21.2. The molecule has 1 unspecified atom stereocenters. The highest BCUT2D eigenvalue weighted by atomic mass is 16.3. The molecule has 0 radical (unpaired) electrons. The second-order valence-corrected chi connectivity index (χ2v) is 8.54. The van der Waals surface area contributed by atoms with E-state index >= 15 is 0 Å². The molecular formula is C23H28N6O2. The third-order valence-corrected chi connectivity index (χ3v) is 6.53. The predicted molar refractivity (Wildman–Crippen MR) is 115 cm³/mol. The molecule has 8 nitrogen and oxygen atoms in total. The Hall–Kier alpha value is -3.00. The maximum Gasteiger partial charge on any atom is 0.289 e. The number of hydrogen-bond acceptors (Lipinski definition) is 6. The smallest absolute Gasteiger partial charge is 0.289 e. The van der Waals surface area contributed by atoms with Crippen LogP contribution in [0.1, 0.15) is 65.3 Å². The minimum Gasteiger partial charge on any atom is -0.459 e. The summed E-state index contributed by atoms with van der Waals surface area (Å²) in [6, 6.07) is 12.4. The number of rotatable bonds is 5. The van der Waals surface area contributed by atoms with Crippen LogP contribution < -0.4 is 0 Å². The molecule has 5 rings (SSSR count). The fourth-order valence-corrected chi connectivity index (χ4v) is 4.80. The van der Waals surface area contributed by atoms with Gasteiger partial charge >= 0.3 is 0 Å². The monoisotopic (exact) mass is 420 g/mol. The Labute approximate surface area is 181 Å². The van der Waals surface area contributed by atoms with Gasteiger partial charge in [-0.2, -0.15) is 0 Å². The first-order valence-corrected chi connectivity index (χ1v) is 11.1. The van der Waals surface area contributed by atoms with Crippen LogP contribution in [0.4, 0.5) is 0 Å². The predicted octanol–water partition coefficient (Wildman–Crippen LogP) is 3.24. The van der Waals surface area contributed by atoms with Crippen LogP contribution in [-0.4, -0.2) is 62.1 Å². The molecule has 1 atom stereocenters. The fourth-order valence-electron chi connectivity index (χ4n) is 4.80. The van der Waals surface area contributed by atoms with Gasteiger partial charge in [-0.3, -0.25) is 9.69 Å². The second-order valence-electron chi connectivity index (χ2n) is 8.54. The molecule has 2 fully saturated rings. The Bertz CT molecular complexity index is 999. The first-order chi connectivity index (χ1) is 15.2. The van der Waals surface area contributed by atoms with Gasteiger partial charge < -0.3 is 9.32 Å². The Morgan fingerprint density at radius 2 is 1.81 bits per heavy atom. The van der Waals surface area contributed by atoms with Crippen molar-refractivity contribution >= 4 is 5.91 Å². The zero-order valence-electron chi connectivity index (χ0n) is 17.9. The Morgan fingerprint density at radius 1 is 1.06 bits per heavy atom. The molecule has 3 heterocycles. The second kappa shape index (κ2) is 8.63. The van der Waals surface area contributed by atoms with E-state index in [-0.39, 0.29) is 11.9 Å². The van der Waals surface area contributed by atoms with Gasteiger partial charge in [-0.15, -0.1) is 5.10 Å². The molecule has 1 aliphatic heterocycles. The van der Waals surface area contributed by atoms with Crippen LogP contribution in [-0.2, 0) is 0 Å². The topological polar surface area (TPSA) is 80.3 Å². The molecule has 1 aliphatic carbocycles. The highest BCUT2D eigenvalue weighted by molar-refractivity contribution is 5.91. The molecule has 0 spiro atoms. The maximum atomic E-state index is 12.7. The summed E-state index contributed by atoms with van der Waals surface area (Å²) in [5, 5.41) is 12.9. The number of amides is 1. The van der Waals surface area contributed by atoms with E-state index in [1.165, 1.54) is 24.0 Å². The van der Waals surface area contributed by atoms with Crippen molar-refractivity contribution in [1.82, 2.24) is 30.0 Å². The minimum absolute atomic E-state index is 0.0305. The van der Waals surface area contributed by atoms with Crippen LogP contribution in [0.3, 0.4) is 0 Å². The highest BCUT2D eigenvalue weighted by Gasteiger charge is 2.34. The Kier molecular flexibility index (Phi) is 5.55. The van der Waals surface area contributed by atoms with Crippen LogP contribution in [0.15, 0.2) is 47.1 Å². The van der Waals surface area contributed by atoms with Gasteiger partial charge in [-0.25, -0.2) is 4.68 Å². The zero-order valence-corrected chi connectivity index (χ0v) is 17.9. The lowest BCUT2D eigenvalue weighted by Gasteiger charge is -2.39. The summed E-state index contributed by atoms with van der Waals surface area (Å²) in [7, 11) is 0. The average Bonchev–Trinajstić information content (AvgIpc) is 3.57. The summed E-state index contributed by atoms with van der Waals surface area (Å²) in [6.45, 7) is 4.89. The standard InChI is InChI=1S/C23H28N6O2/c1-17-8-10-18(11-9-17)21(22-24-25-26-29(22)19-5-2-3-6-19)27-12-14-28(15-13-27)23(30)20-7-4-16-31-20/h4,7-11,16,19,21H,2-3,5-6,12-15H2,1H3. The molecule has 1 amide bonds. The summed E-state index contributed by atoms with van der Waals surface area (Å²) in [4.78, 5) is 16.9. The van der Waals surface area contributed by atoms with Gasteiger partial charge in [0, 0.05) is 26.2 Å². The van der Waals surface area contributed by atoms with Gasteiger partial charge in [0.05, 0.1) is 18.3 Å². The van der Waals surface area contributed by atoms with Crippen LogP contribution >= 0.6 is 0 Å². The molecule has 0 bridgehead atoms. The maximum absolute atomic E-state index is 12.7. The first kappa shape index (κ1) is 19.9. The molecule has 31 heavy (non-hydrogen) atoms. The number of furan rings is 1. The van der Waals surface area contributed by atoms with Gasteiger partial charge in [0.2, 0.25) is 0 Å². The number of hydrogen-bond donors (Lipinski definition) is 0. The van der Waals surface area contributed by atoms with Crippen molar-refractivity contribution in [2.45, 2.75) is 44.7 Å². The lowest BCUT2D eigenvalue weighted by molar-refractivity contribution is 0.0558. The molecule has 1 saturated heterocycles. The third kappa shape index (κ3) is 3.99. The largest absolute Gasteiger partial charge is 0.459 e. The fraction of sp³-hybridized carbons (Fsp3) is 0.478. The van der Waals surface area contributed by atoms with E-state index < -0.39 is 0 Å². The Balaban J connectivity index is 1.40.